The summed E-state index contributed by atoms with van der Waals surface area (Å²) in [6.45, 7) is 12.5. The lowest BCUT2D eigenvalue weighted by Crippen LogP contribution is -2.58. The molecular formula is C11H22N2O. The maximum Gasteiger partial charge on any atom is 0.0634 e. The fraction of sp³-hybridized carbons (Fsp3) is 1.00. The number of fused-ring (bicyclic) bond motifs is 1. The number of morpholine rings is 1. The molecule has 0 aliphatic carbocycles. The number of piperazine rings is 1. The number of hydrogen-bond donors (Lipinski definition) is 0. The Bertz CT molecular complexity index is 184. The molecule has 2 aliphatic rings. The van der Waals surface area contributed by atoms with Crippen LogP contribution in [0.25, 0.3) is 0 Å². The molecule has 1 atom stereocenters. The van der Waals surface area contributed by atoms with Crippen molar-refractivity contribution in [2.45, 2.75) is 19.9 Å². The van der Waals surface area contributed by atoms with Gasteiger partial charge >= 0.3 is 0 Å². The van der Waals surface area contributed by atoms with Crippen molar-refractivity contribution >= 4 is 0 Å². The molecule has 0 spiro atoms. The van der Waals surface area contributed by atoms with E-state index < -0.39 is 0 Å². The lowest BCUT2D eigenvalue weighted by Gasteiger charge is -2.44. The molecular weight excluding hydrogens is 176 g/mol. The highest BCUT2D eigenvalue weighted by atomic mass is 16.5. The Kier molecular flexibility index (Phi) is 3.42. The van der Waals surface area contributed by atoms with Crippen molar-refractivity contribution in [2.24, 2.45) is 5.92 Å². The summed E-state index contributed by atoms with van der Waals surface area (Å²) >= 11 is 0. The Balaban J connectivity index is 1.83. The van der Waals surface area contributed by atoms with Gasteiger partial charge in [0.1, 0.15) is 0 Å². The molecule has 0 amide bonds. The van der Waals surface area contributed by atoms with Gasteiger partial charge in [-0.1, -0.05) is 13.8 Å². The SMILES string of the molecule is CC(C)CN1CCN2CCOC[C@H]2C1. The molecule has 0 bridgehead atoms. The summed E-state index contributed by atoms with van der Waals surface area (Å²) in [4.78, 5) is 5.17. The van der Waals surface area contributed by atoms with Crippen LogP contribution >= 0.6 is 0 Å². The molecule has 2 rings (SSSR count). The maximum absolute atomic E-state index is 5.52. The predicted molar refractivity (Wildman–Crippen MR) is 57.5 cm³/mol. The van der Waals surface area contributed by atoms with Gasteiger partial charge in [0.2, 0.25) is 0 Å². The van der Waals surface area contributed by atoms with Crippen LogP contribution < -0.4 is 0 Å². The van der Waals surface area contributed by atoms with Crippen LogP contribution in [0.15, 0.2) is 0 Å². The first-order valence-corrected chi connectivity index (χ1v) is 5.80. The minimum absolute atomic E-state index is 0.663. The highest BCUT2D eigenvalue weighted by Crippen LogP contribution is 2.14. The molecule has 2 aliphatic heterocycles. The third-order valence-corrected chi connectivity index (χ3v) is 3.15. The molecule has 0 aromatic carbocycles. The zero-order chi connectivity index (χ0) is 9.97. The molecule has 2 heterocycles. The van der Waals surface area contributed by atoms with E-state index in [-0.39, 0.29) is 0 Å². The Morgan fingerprint density at radius 1 is 1.29 bits per heavy atom. The van der Waals surface area contributed by atoms with Gasteiger partial charge in [-0.2, -0.15) is 0 Å². The van der Waals surface area contributed by atoms with E-state index in [1.54, 1.807) is 0 Å². The Hall–Kier alpha value is -0.120. The van der Waals surface area contributed by atoms with Crippen molar-refractivity contribution in [1.29, 1.82) is 0 Å². The standard InChI is InChI=1S/C11H22N2O/c1-10(2)7-12-3-4-13-5-6-14-9-11(13)8-12/h10-11H,3-9H2,1-2H3/t11-/m1/s1. The molecule has 0 N–H and O–H groups in total. The normalized spacial score (nSPS) is 30.6. The van der Waals surface area contributed by atoms with Crippen LogP contribution in [-0.4, -0.2) is 61.8 Å². The van der Waals surface area contributed by atoms with Gasteiger partial charge in [0.15, 0.2) is 0 Å². The fourth-order valence-electron chi connectivity index (χ4n) is 2.49. The van der Waals surface area contributed by atoms with E-state index in [2.05, 4.69) is 23.6 Å². The fourth-order valence-corrected chi connectivity index (χ4v) is 2.49. The highest BCUT2D eigenvalue weighted by Gasteiger charge is 2.29. The maximum atomic E-state index is 5.52. The molecule has 0 aromatic heterocycles. The van der Waals surface area contributed by atoms with E-state index in [1.165, 1.54) is 26.2 Å². The molecule has 2 saturated heterocycles. The predicted octanol–water partition coefficient (Wildman–Crippen LogP) is 0.659. The lowest BCUT2D eigenvalue weighted by atomic mass is 10.1. The third kappa shape index (κ3) is 2.47. The van der Waals surface area contributed by atoms with Crippen molar-refractivity contribution in [3.8, 4) is 0 Å². The molecule has 0 radical (unpaired) electrons. The molecule has 2 fully saturated rings. The minimum Gasteiger partial charge on any atom is -0.378 e. The van der Waals surface area contributed by atoms with Gasteiger partial charge in [-0.3, -0.25) is 4.90 Å². The first kappa shape index (κ1) is 10.4. The summed E-state index contributed by atoms with van der Waals surface area (Å²) in [6.07, 6.45) is 0. The van der Waals surface area contributed by atoms with E-state index in [1.807, 2.05) is 0 Å². The van der Waals surface area contributed by atoms with Crippen LogP contribution in [0, 0.1) is 5.92 Å². The first-order valence-electron chi connectivity index (χ1n) is 5.80. The monoisotopic (exact) mass is 198 g/mol. The number of hydrogen-bond acceptors (Lipinski definition) is 3. The average Bonchev–Trinajstić information content (AvgIpc) is 2.17. The van der Waals surface area contributed by atoms with E-state index in [4.69, 9.17) is 4.74 Å². The quantitative estimate of drug-likeness (QED) is 0.648. The number of nitrogens with zero attached hydrogens (tertiary/aromatic N) is 2. The smallest absolute Gasteiger partial charge is 0.0634 e. The molecule has 3 heteroatoms. The van der Waals surface area contributed by atoms with Crippen LogP contribution in [0.3, 0.4) is 0 Å². The second kappa shape index (κ2) is 4.60. The summed E-state index contributed by atoms with van der Waals surface area (Å²) < 4.78 is 5.52. The lowest BCUT2D eigenvalue weighted by molar-refractivity contribution is -0.0462. The van der Waals surface area contributed by atoms with Crippen LogP contribution in [0.5, 0.6) is 0 Å². The van der Waals surface area contributed by atoms with Gasteiger partial charge in [-0.05, 0) is 5.92 Å². The van der Waals surface area contributed by atoms with Gasteiger partial charge in [-0.15, -0.1) is 0 Å². The molecule has 3 nitrogen and oxygen atoms in total. The van der Waals surface area contributed by atoms with E-state index >= 15 is 0 Å². The topological polar surface area (TPSA) is 15.7 Å². The summed E-state index contributed by atoms with van der Waals surface area (Å²) in [5.74, 6) is 0.783. The van der Waals surface area contributed by atoms with E-state index in [9.17, 15) is 0 Å². The summed E-state index contributed by atoms with van der Waals surface area (Å²) in [5, 5.41) is 0. The van der Waals surface area contributed by atoms with E-state index in [0.29, 0.717) is 6.04 Å². The highest BCUT2D eigenvalue weighted by molar-refractivity contribution is 4.84. The van der Waals surface area contributed by atoms with Crippen molar-refractivity contribution in [3.05, 3.63) is 0 Å². The van der Waals surface area contributed by atoms with Gasteiger partial charge < -0.3 is 9.64 Å². The Morgan fingerprint density at radius 3 is 2.93 bits per heavy atom. The Morgan fingerprint density at radius 2 is 2.14 bits per heavy atom. The summed E-state index contributed by atoms with van der Waals surface area (Å²) in [7, 11) is 0. The van der Waals surface area contributed by atoms with Gasteiger partial charge in [0.25, 0.3) is 0 Å². The van der Waals surface area contributed by atoms with Crippen LogP contribution in [0.1, 0.15) is 13.8 Å². The summed E-state index contributed by atoms with van der Waals surface area (Å²) in [6, 6.07) is 0.663. The second-order valence-corrected chi connectivity index (χ2v) is 4.92. The third-order valence-electron chi connectivity index (χ3n) is 3.15. The van der Waals surface area contributed by atoms with E-state index in [0.717, 1.165) is 25.7 Å². The van der Waals surface area contributed by atoms with Gasteiger partial charge in [-0.25, -0.2) is 0 Å². The van der Waals surface area contributed by atoms with Crippen molar-refractivity contribution in [2.75, 3.05) is 45.9 Å². The zero-order valence-corrected chi connectivity index (χ0v) is 9.41. The summed E-state index contributed by atoms with van der Waals surface area (Å²) in [5.41, 5.74) is 0. The van der Waals surface area contributed by atoms with Crippen LogP contribution in [0.2, 0.25) is 0 Å². The van der Waals surface area contributed by atoms with Crippen molar-refractivity contribution < 1.29 is 4.74 Å². The van der Waals surface area contributed by atoms with Gasteiger partial charge in [0, 0.05) is 38.8 Å². The van der Waals surface area contributed by atoms with Crippen molar-refractivity contribution in [3.63, 3.8) is 0 Å². The van der Waals surface area contributed by atoms with Crippen LogP contribution in [0.4, 0.5) is 0 Å². The number of ether oxygens (including phenoxy) is 1. The molecule has 0 unspecified atom stereocenters. The molecule has 82 valence electrons. The zero-order valence-electron chi connectivity index (χ0n) is 9.41. The van der Waals surface area contributed by atoms with Crippen LogP contribution in [-0.2, 0) is 4.74 Å². The van der Waals surface area contributed by atoms with Crippen molar-refractivity contribution in [1.82, 2.24) is 9.80 Å². The number of rotatable bonds is 2. The minimum atomic E-state index is 0.663. The first-order chi connectivity index (χ1) is 6.75. The average molecular weight is 198 g/mol. The molecule has 14 heavy (non-hydrogen) atoms. The van der Waals surface area contributed by atoms with Gasteiger partial charge in [0.05, 0.1) is 13.2 Å². The largest absolute Gasteiger partial charge is 0.378 e. The second-order valence-electron chi connectivity index (χ2n) is 4.92. The molecule has 0 saturated carbocycles. The molecule has 0 aromatic rings. The Labute approximate surface area is 87.0 Å².